The van der Waals surface area contributed by atoms with Crippen molar-refractivity contribution in [3.05, 3.63) is 53.9 Å². The molecule has 0 saturated carbocycles. The highest BCUT2D eigenvalue weighted by Gasteiger charge is 2.15. The maximum atomic E-state index is 9.30. The lowest BCUT2D eigenvalue weighted by molar-refractivity contribution is 0.282. The molecular weight excluding hydrogens is 320 g/mol. The topological polar surface area (TPSA) is 62.2 Å². The van der Waals surface area contributed by atoms with Gasteiger partial charge in [-0.15, -0.1) is 22.0 Å². The van der Waals surface area contributed by atoms with Crippen LogP contribution < -0.4 is 0 Å². The molecule has 0 aliphatic heterocycles. The van der Waals surface area contributed by atoms with E-state index in [1.165, 1.54) is 0 Å². The maximum absolute atomic E-state index is 9.30. The highest BCUT2D eigenvalue weighted by atomic mass is 32.2. The van der Waals surface area contributed by atoms with E-state index in [-0.39, 0.29) is 12.5 Å². The van der Waals surface area contributed by atoms with Crippen molar-refractivity contribution in [2.45, 2.75) is 31.3 Å². The Morgan fingerprint density at radius 3 is 2.75 bits per heavy atom. The number of pyridine rings is 1. The van der Waals surface area contributed by atoms with Crippen molar-refractivity contribution in [3.63, 3.8) is 0 Å². The Bertz CT molecular complexity index is 886. The van der Waals surface area contributed by atoms with Gasteiger partial charge in [0, 0.05) is 11.1 Å². The molecule has 3 aromatic rings. The smallest absolute Gasteiger partial charge is 0.183 e. The average molecular weight is 340 g/mol. The van der Waals surface area contributed by atoms with E-state index in [0.29, 0.717) is 0 Å². The van der Waals surface area contributed by atoms with Gasteiger partial charge in [-0.3, -0.25) is 4.40 Å². The van der Waals surface area contributed by atoms with Crippen molar-refractivity contribution < 1.29 is 5.11 Å². The van der Waals surface area contributed by atoms with Gasteiger partial charge in [0.15, 0.2) is 5.82 Å². The second-order valence-corrected chi connectivity index (χ2v) is 6.68. The summed E-state index contributed by atoms with van der Waals surface area (Å²) in [6, 6.07) is 11.7. The molecule has 24 heavy (non-hydrogen) atoms. The Morgan fingerprint density at radius 1 is 1.21 bits per heavy atom. The lowest BCUT2D eigenvalue weighted by Crippen LogP contribution is -1.88. The molecule has 0 saturated heterocycles. The lowest BCUT2D eigenvalue weighted by Gasteiger charge is -2.02. The molecule has 1 N–H and O–H groups in total. The molecular formula is C18H20N4OS. The van der Waals surface area contributed by atoms with Crippen molar-refractivity contribution >= 4 is 28.9 Å². The molecule has 124 valence electrons. The molecule has 0 amide bonds. The Morgan fingerprint density at radius 2 is 2.04 bits per heavy atom. The normalized spacial score (nSPS) is 11.9. The van der Waals surface area contributed by atoms with Crippen LogP contribution in [0, 0.1) is 0 Å². The zero-order valence-corrected chi connectivity index (χ0v) is 14.8. The van der Waals surface area contributed by atoms with Crippen molar-refractivity contribution in [1.29, 1.82) is 0 Å². The number of hydrogen-bond acceptors (Lipinski definition) is 5. The second kappa shape index (κ2) is 7.15. The van der Waals surface area contributed by atoms with Gasteiger partial charge in [-0.25, -0.2) is 4.98 Å². The molecule has 0 fully saturated rings. The minimum Gasteiger partial charge on any atom is -0.392 e. The van der Waals surface area contributed by atoms with E-state index in [2.05, 4.69) is 29.1 Å². The maximum Gasteiger partial charge on any atom is 0.183 e. The van der Waals surface area contributed by atoms with Gasteiger partial charge in [-0.1, -0.05) is 19.9 Å². The largest absolute Gasteiger partial charge is 0.392 e. The van der Waals surface area contributed by atoms with E-state index in [1.807, 2.05) is 53.3 Å². The summed E-state index contributed by atoms with van der Waals surface area (Å²) in [5, 5.41) is 18.2. The molecule has 2 aromatic heterocycles. The number of thioether (sulfide) groups is 1. The number of nitrogens with zero attached hydrogens (tertiary/aromatic N) is 4. The Labute approximate surface area is 145 Å². The molecule has 0 radical (unpaired) electrons. The third-order valence-electron chi connectivity index (χ3n) is 3.73. The van der Waals surface area contributed by atoms with Gasteiger partial charge in [0.05, 0.1) is 18.0 Å². The number of aromatic nitrogens is 2. The third kappa shape index (κ3) is 3.34. The summed E-state index contributed by atoms with van der Waals surface area (Å²) in [6.07, 6.45) is 3.92. The van der Waals surface area contributed by atoms with Crippen LogP contribution in [0.25, 0.3) is 5.65 Å². The second-order valence-electron chi connectivity index (χ2n) is 5.80. The zero-order chi connectivity index (χ0) is 17.1. The van der Waals surface area contributed by atoms with E-state index in [9.17, 15) is 5.11 Å². The number of fused-ring (bicyclic) bond motifs is 1. The molecule has 0 unspecified atom stereocenters. The molecule has 1 aromatic carbocycles. The first kappa shape index (κ1) is 16.7. The minimum absolute atomic E-state index is 0.00129. The third-order valence-corrected chi connectivity index (χ3v) is 4.46. The first-order valence-electron chi connectivity index (χ1n) is 7.80. The SMILES string of the molecule is CSc1cccc(N=Nc2c(C(C)C)nc3cc(CO)ccn23)c1. The predicted octanol–water partition coefficient (Wildman–Crippen LogP) is 5.09. The van der Waals surface area contributed by atoms with Crippen LogP contribution in [-0.4, -0.2) is 20.7 Å². The molecule has 0 spiro atoms. The quantitative estimate of drug-likeness (QED) is 0.520. The number of imidazole rings is 1. The molecule has 6 heteroatoms. The molecule has 0 bridgehead atoms. The van der Waals surface area contributed by atoms with Crippen molar-refractivity contribution in [3.8, 4) is 0 Å². The number of benzene rings is 1. The Balaban J connectivity index is 2.06. The summed E-state index contributed by atoms with van der Waals surface area (Å²) in [5.74, 6) is 0.966. The fourth-order valence-corrected chi connectivity index (χ4v) is 2.91. The van der Waals surface area contributed by atoms with Gasteiger partial charge in [-0.05, 0) is 48.1 Å². The van der Waals surface area contributed by atoms with Crippen LogP contribution in [-0.2, 0) is 6.61 Å². The number of hydrogen-bond donors (Lipinski definition) is 1. The summed E-state index contributed by atoms with van der Waals surface area (Å²) < 4.78 is 1.91. The summed E-state index contributed by atoms with van der Waals surface area (Å²) in [7, 11) is 0. The fraction of sp³-hybridized carbons (Fsp3) is 0.278. The van der Waals surface area contributed by atoms with Crippen molar-refractivity contribution in [2.24, 2.45) is 10.2 Å². The molecule has 2 heterocycles. The zero-order valence-electron chi connectivity index (χ0n) is 14.0. The van der Waals surface area contributed by atoms with E-state index >= 15 is 0 Å². The molecule has 5 nitrogen and oxygen atoms in total. The van der Waals surface area contributed by atoms with Crippen LogP contribution in [0.1, 0.15) is 31.0 Å². The monoisotopic (exact) mass is 340 g/mol. The molecule has 3 rings (SSSR count). The first-order chi connectivity index (χ1) is 11.6. The predicted molar refractivity (Wildman–Crippen MR) is 97.6 cm³/mol. The highest BCUT2D eigenvalue weighted by Crippen LogP contribution is 2.30. The van der Waals surface area contributed by atoms with Gasteiger partial charge in [0.2, 0.25) is 0 Å². The van der Waals surface area contributed by atoms with E-state index in [4.69, 9.17) is 0 Å². The lowest BCUT2D eigenvalue weighted by atomic mass is 10.1. The van der Waals surface area contributed by atoms with Crippen LogP contribution in [0.4, 0.5) is 11.5 Å². The number of aliphatic hydroxyl groups is 1. The first-order valence-corrected chi connectivity index (χ1v) is 9.02. The van der Waals surface area contributed by atoms with E-state index < -0.39 is 0 Å². The van der Waals surface area contributed by atoms with E-state index in [1.54, 1.807) is 11.8 Å². The van der Waals surface area contributed by atoms with Crippen LogP contribution in [0.3, 0.4) is 0 Å². The molecule has 0 aliphatic carbocycles. The van der Waals surface area contributed by atoms with Crippen molar-refractivity contribution in [1.82, 2.24) is 9.38 Å². The number of aliphatic hydroxyl groups excluding tert-OH is 1. The van der Waals surface area contributed by atoms with Gasteiger partial charge in [0.25, 0.3) is 0 Å². The molecule has 0 aliphatic rings. The summed E-state index contributed by atoms with van der Waals surface area (Å²) >= 11 is 1.68. The standard InChI is InChI=1S/C18H20N4OS/c1-12(2)17-18(21-20-14-5-4-6-15(10-14)24-3)22-8-7-13(11-23)9-16(22)19-17/h4-10,12,23H,11H2,1-3H3. The number of azo groups is 1. The van der Waals surface area contributed by atoms with Crippen LogP contribution >= 0.6 is 11.8 Å². The summed E-state index contributed by atoms with van der Waals surface area (Å²) in [4.78, 5) is 5.81. The summed E-state index contributed by atoms with van der Waals surface area (Å²) in [6.45, 7) is 4.17. The number of rotatable bonds is 5. The van der Waals surface area contributed by atoms with Gasteiger partial charge in [-0.2, -0.15) is 0 Å². The average Bonchev–Trinajstić information content (AvgIpc) is 2.98. The van der Waals surface area contributed by atoms with Gasteiger partial charge >= 0.3 is 0 Å². The minimum atomic E-state index is -0.00129. The fourth-order valence-electron chi connectivity index (χ4n) is 2.46. The highest BCUT2D eigenvalue weighted by molar-refractivity contribution is 7.98. The van der Waals surface area contributed by atoms with Gasteiger partial charge in [0.1, 0.15) is 5.65 Å². The van der Waals surface area contributed by atoms with Gasteiger partial charge < -0.3 is 5.11 Å². The van der Waals surface area contributed by atoms with Crippen LogP contribution in [0.2, 0.25) is 0 Å². The Hall–Kier alpha value is -2.18. The van der Waals surface area contributed by atoms with Crippen LogP contribution in [0.15, 0.2) is 57.7 Å². The van der Waals surface area contributed by atoms with E-state index in [0.717, 1.165) is 33.3 Å². The van der Waals surface area contributed by atoms with Crippen molar-refractivity contribution in [2.75, 3.05) is 6.26 Å². The summed E-state index contributed by atoms with van der Waals surface area (Å²) in [5.41, 5.74) is 3.32. The van der Waals surface area contributed by atoms with Crippen LogP contribution in [0.5, 0.6) is 0 Å². The Kier molecular flexibility index (Phi) is 4.97. The molecule has 0 atom stereocenters.